The summed E-state index contributed by atoms with van der Waals surface area (Å²) < 4.78 is 13.1. The summed E-state index contributed by atoms with van der Waals surface area (Å²) in [5.41, 5.74) is 0.742. The molecule has 0 spiro atoms. The standard InChI is InChI=1S/C19H27FN2O/c1-14(15-6-8-17(20)9-7-15)22-18(23)19(10-12-21-13-11-19)16-4-2-3-5-16/h6-9,14,16,21H,2-5,10-13H2,1H3,(H,22,23)/t14-/m0/s1. The van der Waals surface area contributed by atoms with Gasteiger partial charge in [0.05, 0.1) is 11.5 Å². The molecule has 1 saturated carbocycles. The van der Waals surface area contributed by atoms with E-state index in [-0.39, 0.29) is 23.2 Å². The lowest BCUT2D eigenvalue weighted by Crippen LogP contribution is -2.51. The Hall–Kier alpha value is -1.42. The maximum Gasteiger partial charge on any atom is 0.227 e. The molecule has 1 saturated heterocycles. The topological polar surface area (TPSA) is 41.1 Å². The first-order chi connectivity index (χ1) is 11.1. The van der Waals surface area contributed by atoms with Crippen molar-refractivity contribution in [2.45, 2.75) is 51.5 Å². The van der Waals surface area contributed by atoms with Crippen molar-refractivity contribution >= 4 is 5.91 Å². The van der Waals surface area contributed by atoms with E-state index < -0.39 is 0 Å². The van der Waals surface area contributed by atoms with Crippen LogP contribution in [-0.2, 0) is 4.79 Å². The van der Waals surface area contributed by atoms with Gasteiger partial charge in [0.15, 0.2) is 0 Å². The van der Waals surface area contributed by atoms with Crippen LogP contribution < -0.4 is 10.6 Å². The van der Waals surface area contributed by atoms with Crippen LogP contribution in [0.15, 0.2) is 24.3 Å². The van der Waals surface area contributed by atoms with Crippen molar-refractivity contribution in [3.63, 3.8) is 0 Å². The molecule has 23 heavy (non-hydrogen) atoms. The molecule has 126 valence electrons. The number of benzene rings is 1. The van der Waals surface area contributed by atoms with Gasteiger partial charge < -0.3 is 10.6 Å². The minimum atomic E-state index is -0.243. The summed E-state index contributed by atoms with van der Waals surface area (Å²) in [6, 6.07) is 6.33. The van der Waals surface area contributed by atoms with Crippen LogP contribution in [0.4, 0.5) is 4.39 Å². The third-order valence-corrected chi connectivity index (χ3v) is 5.80. The molecule has 1 aliphatic heterocycles. The largest absolute Gasteiger partial charge is 0.349 e. The molecule has 2 aliphatic rings. The van der Waals surface area contributed by atoms with Gasteiger partial charge in [0, 0.05) is 0 Å². The van der Waals surface area contributed by atoms with Crippen molar-refractivity contribution in [3.8, 4) is 0 Å². The van der Waals surface area contributed by atoms with E-state index in [1.54, 1.807) is 12.1 Å². The van der Waals surface area contributed by atoms with E-state index in [0.717, 1.165) is 31.5 Å². The molecule has 0 aromatic heterocycles. The molecule has 1 aliphatic carbocycles. The van der Waals surface area contributed by atoms with Crippen molar-refractivity contribution in [2.75, 3.05) is 13.1 Å². The number of nitrogens with one attached hydrogen (secondary N) is 2. The van der Waals surface area contributed by atoms with E-state index in [1.807, 2.05) is 6.92 Å². The van der Waals surface area contributed by atoms with Gasteiger partial charge in [0.25, 0.3) is 0 Å². The molecule has 1 aromatic rings. The summed E-state index contributed by atoms with van der Waals surface area (Å²) in [5.74, 6) is 0.473. The van der Waals surface area contributed by atoms with Crippen LogP contribution in [0.1, 0.15) is 57.1 Å². The average molecular weight is 318 g/mol. The summed E-state index contributed by atoms with van der Waals surface area (Å²) in [7, 11) is 0. The van der Waals surface area contributed by atoms with Crippen molar-refractivity contribution < 1.29 is 9.18 Å². The Morgan fingerprint density at radius 2 is 1.83 bits per heavy atom. The number of amides is 1. The molecule has 3 nitrogen and oxygen atoms in total. The zero-order chi connectivity index (χ0) is 16.3. The summed E-state index contributed by atoms with van der Waals surface area (Å²) in [5, 5.41) is 6.60. The third-order valence-electron chi connectivity index (χ3n) is 5.80. The van der Waals surface area contributed by atoms with E-state index in [1.165, 1.54) is 37.8 Å². The highest BCUT2D eigenvalue weighted by Gasteiger charge is 2.46. The molecule has 1 amide bonds. The number of hydrogen-bond acceptors (Lipinski definition) is 2. The quantitative estimate of drug-likeness (QED) is 0.891. The molecule has 0 bridgehead atoms. The number of carbonyl (C=O) groups excluding carboxylic acids is 1. The fraction of sp³-hybridized carbons (Fsp3) is 0.632. The molecule has 1 heterocycles. The molecular weight excluding hydrogens is 291 g/mol. The van der Waals surface area contributed by atoms with Crippen molar-refractivity contribution in [3.05, 3.63) is 35.6 Å². The number of halogens is 1. The fourth-order valence-electron chi connectivity index (χ4n) is 4.35. The van der Waals surface area contributed by atoms with Crippen LogP contribution in [0.3, 0.4) is 0 Å². The van der Waals surface area contributed by atoms with Crippen LogP contribution in [0.25, 0.3) is 0 Å². The minimum Gasteiger partial charge on any atom is -0.349 e. The first-order valence-corrected chi connectivity index (χ1v) is 8.89. The Morgan fingerprint density at radius 3 is 2.43 bits per heavy atom. The van der Waals surface area contributed by atoms with E-state index in [0.29, 0.717) is 5.92 Å². The molecule has 4 heteroatoms. The monoisotopic (exact) mass is 318 g/mol. The average Bonchev–Trinajstić information content (AvgIpc) is 3.11. The van der Waals surface area contributed by atoms with Gasteiger partial charge in [-0.25, -0.2) is 4.39 Å². The van der Waals surface area contributed by atoms with Gasteiger partial charge in [-0.05, 0) is 69.3 Å². The Morgan fingerprint density at radius 1 is 1.22 bits per heavy atom. The Balaban J connectivity index is 1.74. The first-order valence-electron chi connectivity index (χ1n) is 8.89. The van der Waals surface area contributed by atoms with Crippen LogP contribution in [-0.4, -0.2) is 19.0 Å². The van der Waals surface area contributed by atoms with Gasteiger partial charge in [-0.15, -0.1) is 0 Å². The summed E-state index contributed by atoms with van der Waals surface area (Å²) in [6.45, 7) is 3.83. The predicted molar refractivity (Wildman–Crippen MR) is 89.5 cm³/mol. The maximum absolute atomic E-state index is 13.1. The molecule has 1 atom stereocenters. The van der Waals surface area contributed by atoms with E-state index in [4.69, 9.17) is 0 Å². The van der Waals surface area contributed by atoms with Crippen molar-refractivity contribution in [1.82, 2.24) is 10.6 Å². The zero-order valence-electron chi connectivity index (χ0n) is 13.9. The lowest BCUT2D eigenvalue weighted by molar-refractivity contribution is -0.137. The Kier molecular flexibility index (Phi) is 5.00. The smallest absolute Gasteiger partial charge is 0.227 e. The number of hydrogen-bond donors (Lipinski definition) is 2. The summed E-state index contributed by atoms with van der Waals surface area (Å²) in [4.78, 5) is 13.1. The number of piperidine rings is 1. The second-order valence-electron chi connectivity index (χ2n) is 7.13. The lowest BCUT2D eigenvalue weighted by atomic mass is 9.67. The molecule has 2 fully saturated rings. The Bertz CT molecular complexity index is 531. The van der Waals surface area contributed by atoms with Crippen molar-refractivity contribution in [1.29, 1.82) is 0 Å². The van der Waals surface area contributed by atoms with Crippen molar-refractivity contribution in [2.24, 2.45) is 11.3 Å². The molecule has 3 rings (SSSR count). The van der Waals surface area contributed by atoms with Gasteiger partial charge in [-0.2, -0.15) is 0 Å². The zero-order valence-corrected chi connectivity index (χ0v) is 13.9. The normalized spacial score (nSPS) is 22.7. The van der Waals surface area contributed by atoms with Gasteiger partial charge in [-0.1, -0.05) is 25.0 Å². The summed E-state index contributed by atoms with van der Waals surface area (Å²) >= 11 is 0. The number of rotatable bonds is 4. The first kappa shape index (κ1) is 16.4. The van der Waals surface area contributed by atoms with E-state index in [9.17, 15) is 9.18 Å². The van der Waals surface area contributed by atoms with Gasteiger partial charge >= 0.3 is 0 Å². The second-order valence-corrected chi connectivity index (χ2v) is 7.13. The highest BCUT2D eigenvalue weighted by Crippen LogP contribution is 2.46. The molecule has 2 N–H and O–H groups in total. The van der Waals surface area contributed by atoms with Crippen LogP contribution in [0.5, 0.6) is 0 Å². The van der Waals surface area contributed by atoms with Crippen LogP contribution >= 0.6 is 0 Å². The predicted octanol–water partition coefficient (Wildman–Crippen LogP) is 3.56. The fourth-order valence-corrected chi connectivity index (χ4v) is 4.35. The van der Waals surface area contributed by atoms with E-state index >= 15 is 0 Å². The molecule has 1 aromatic carbocycles. The Labute approximate surface area is 138 Å². The second kappa shape index (κ2) is 7.00. The SMILES string of the molecule is C[C@H](NC(=O)C1(C2CCCC2)CCNCC1)c1ccc(F)cc1. The molecular formula is C19H27FN2O. The van der Waals surface area contributed by atoms with Gasteiger partial charge in [0.2, 0.25) is 5.91 Å². The molecule has 0 unspecified atom stereocenters. The lowest BCUT2D eigenvalue weighted by Gasteiger charge is -2.41. The maximum atomic E-state index is 13.1. The summed E-state index contributed by atoms with van der Waals surface area (Å²) in [6.07, 6.45) is 6.72. The van der Waals surface area contributed by atoms with Gasteiger partial charge in [-0.3, -0.25) is 4.79 Å². The highest BCUT2D eigenvalue weighted by molar-refractivity contribution is 5.83. The van der Waals surface area contributed by atoms with Gasteiger partial charge in [0.1, 0.15) is 5.82 Å². The van der Waals surface area contributed by atoms with Crippen LogP contribution in [0.2, 0.25) is 0 Å². The molecule has 0 radical (unpaired) electrons. The van der Waals surface area contributed by atoms with E-state index in [2.05, 4.69) is 10.6 Å². The number of carbonyl (C=O) groups is 1. The highest BCUT2D eigenvalue weighted by atomic mass is 19.1. The third kappa shape index (κ3) is 3.42. The minimum absolute atomic E-state index is 0.0868. The van der Waals surface area contributed by atoms with Crippen LogP contribution in [0, 0.1) is 17.2 Å².